The van der Waals surface area contributed by atoms with Crippen molar-refractivity contribution in [1.29, 1.82) is 5.26 Å². The summed E-state index contributed by atoms with van der Waals surface area (Å²) >= 11 is 5.83. The lowest BCUT2D eigenvalue weighted by Crippen LogP contribution is -2.37. The Labute approximate surface area is 140 Å². The van der Waals surface area contributed by atoms with E-state index in [9.17, 15) is 4.79 Å². The fraction of sp³-hybridized carbons (Fsp3) is 0.222. The standard InChI is InChI=1S/C18H17ClN2O2/c1-13(23-17-8-4-15(12-20)5-9-17)18(22)21-11-10-14-2-6-16(19)7-3-14/h2-9,13H,10-11H2,1H3,(H,21,22). The summed E-state index contributed by atoms with van der Waals surface area (Å²) in [7, 11) is 0. The van der Waals surface area contributed by atoms with Gasteiger partial charge in [0.05, 0.1) is 11.6 Å². The number of halogens is 1. The fourth-order valence-corrected chi connectivity index (χ4v) is 2.12. The number of nitrogens with one attached hydrogen (secondary N) is 1. The van der Waals surface area contributed by atoms with E-state index in [1.165, 1.54) is 0 Å². The van der Waals surface area contributed by atoms with Crippen LogP contribution in [0.25, 0.3) is 0 Å². The first kappa shape index (κ1) is 16.9. The van der Waals surface area contributed by atoms with Gasteiger partial charge in [-0.05, 0) is 55.3 Å². The van der Waals surface area contributed by atoms with Crippen LogP contribution < -0.4 is 10.1 Å². The lowest BCUT2D eigenvalue weighted by atomic mass is 10.1. The molecule has 2 aromatic rings. The number of benzene rings is 2. The summed E-state index contributed by atoms with van der Waals surface area (Å²) < 4.78 is 5.56. The number of nitriles is 1. The number of hydrogen-bond acceptors (Lipinski definition) is 3. The molecule has 0 bridgehead atoms. The third-order valence-corrected chi connectivity index (χ3v) is 3.54. The summed E-state index contributed by atoms with van der Waals surface area (Å²) in [6.07, 6.45) is 0.125. The summed E-state index contributed by atoms with van der Waals surface area (Å²) in [5, 5.41) is 12.3. The second-order valence-corrected chi connectivity index (χ2v) is 5.50. The van der Waals surface area contributed by atoms with Crippen LogP contribution in [0.1, 0.15) is 18.1 Å². The number of hydrogen-bond donors (Lipinski definition) is 1. The second-order valence-electron chi connectivity index (χ2n) is 5.06. The van der Waals surface area contributed by atoms with Crippen LogP contribution in [-0.2, 0) is 11.2 Å². The van der Waals surface area contributed by atoms with Gasteiger partial charge in [-0.2, -0.15) is 5.26 Å². The Balaban J connectivity index is 1.78. The third-order valence-electron chi connectivity index (χ3n) is 3.29. The van der Waals surface area contributed by atoms with Crippen LogP contribution in [0.3, 0.4) is 0 Å². The van der Waals surface area contributed by atoms with Gasteiger partial charge in [0.15, 0.2) is 6.10 Å². The molecule has 0 aliphatic heterocycles. The molecule has 2 aromatic carbocycles. The topological polar surface area (TPSA) is 62.1 Å². The molecule has 0 heterocycles. The van der Waals surface area contributed by atoms with Gasteiger partial charge in [-0.1, -0.05) is 23.7 Å². The minimum absolute atomic E-state index is 0.177. The van der Waals surface area contributed by atoms with Crippen molar-refractivity contribution < 1.29 is 9.53 Å². The Kier molecular flexibility index (Phi) is 6.02. The number of nitrogens with zero attached hydrogens (tertiary/aromatic N) is 1. The summed E-state index contributed by atoms with van der Waals surface area (Å²) in [5.41, 5.74) is 1.66. The van der Waals surface area contributed by atoms with E-state index in [1.54, 1.807) is 31.2 Å². The molecule has 0 radical (unpaired) electrons. The quantitative estimate of drug-likeness (QED) is 0.884. The highest BCUT2D eigenvalue weighted by Gasteiger charge is 2.13. The van der Waals surface area contributed by atoms with Gasteiger partial charge in [0.2, 0.25) is 0 Å². The third kappa shape index (κ3) is 5.32. The van der Waals surface area contributed by atoms with E-state index < -0.39 is 6.10 Å². The molecule has 118 valence electrons. The molecule has 0 fully saturated rings. The molecule has 0 aliphatic rings. The van der Waals surface area contributed by atoms with E-state index in [0.717, 1.165) is 12.0 Å². The predicted molar refractivity (Wildman–Crippen MR) is 89.4 cm³/mol. The normalized spacial score (nSPS) is 11.3. The summed E-state index contributed by atoms with van der Waals surface area (Å²) in [6.45, 7) is 2.22. The van der Waals surface area contributed by atoms with Crippen LogP contribution in [0, 0.1) is 11.3 Å². The van der Waals surface area contributed by atoms with Crippen LogP contribution in [0.4, 0.5) is 0 Å². The number of rotatable bonds is 6. The first-order chi connectivity index (χ1) is 11.1. The van der Waals surface area contributed by atoms with E-state index in [1.807, 2.05) is 30.3 Å². The fourth-order valence-electron chi connectivity index (χ4n) is 1.99. The van der Waals surface area contributed by atoms with Gasteiger partial charge in [-0.25, -0.2) is 0 Å². The van der Waals surface area contributed by atoms with Crippen molar-refractivity contribution in [2.75, 3.05) is 6.54 Å². The van der Waals surface area contributed by atoms with E-state index >= 15 is 0 Å². The van der Waals surface area contributed by atoms with E-state index in [-0.39, 0.29) is 5.91 Å². The molecule has 0 saturated carbocycles. The van der Waals surface area contributed by atoms with Crippen LogP contribution in [-0.4, -0.2) is 18.6 Å². The molecule has 1 N–H and O–H groups in total. The minimum atomic E-state index is -0.604. The average molecular weight is 329 g/mol. The van der Waals surface area contributed by atoms with Gasteiger partial charge < -0.3 is 10.1 Å². The Bertz CT molecular complexity index is 690. The number of carbonyl (C=O) groups is 1. The van der Waals surface area contributed by atoms with Gasteiger partial charge in [0.25, 0.3) is 5.91 Å². The van der Waals surface area contributed by atoms with Crippen molar-refractivity contribution in [3.63, 3.8) is 0 Å². The zero-order valence-electron chi connectivity index (χ0n) is 12.8. The maximum atomic E-state index is 12.0. The van der Waals surface area contributed by atoms with Gasteiger partial charge in [0, 0.05) is 11.6 Å². The van der Waals surface area contributed by atoms with Crippen molar-refractivity contribution in [3.05, 3.63) is 64.7 Å². The molecule has 0 aliphatic carbocycles. The predicted octanol–water partition coefficient (Wildman–Crippen LogP) is 3.34. The van der Waals surface area contributed by atoms with Crippen molar-refractivity contribution >= 4 is 17.5 Å². The van der Waals surface area contributed by atoms with E-state index in [4.69, 9.17) is 21.6 Å². The summed E-state index contributed by atoms with van der Waals surface area (Å²) in [6, 6.07) is 16.2. The van der Waals surface area contributed by atoms with Crippen molar-refractivity contribution in [3.8, 4) is 11.8 Å². The molecule has 5 heteroatoms. The number of ether oxygens (including phenoxy) is 1. The summed E-state index contributed by atoms with van der Waals surface area (Å²) in [5.74, 6) is 0.382. The first-order valence-electron chi connectivity index (χ1n) is 7.27. The molecule has 4 nitrogen and oxygen atoms in total. The highest BCUT2D eigenvalue weighted by Crippen LogP contribution is 2.13. The van der Waals surface area contributed by atoms with Gasteiger partial charge in [-0.15, -0.1) is 0 Å². The Hall–Kier alpha value is -2.51. The van der Waals surface area contributed by atoms with Crippen LogP contribution in [0.15, 0.2) is 48.5 Å². The van der Waals surface area contributed by atoms with E-state index in [2.05, 4.69) is 5.32 Å². The van der Waals surface area contributed by atoms with Crippen molar-refractivity contribution in [2.24, 2.45) is 0 Å². The van der Waals surface area contributed by atoms with Gasteiger partial charge in [0.1, 0.15) is 5.75 Å². The second kappa shape index (κ2) is 8.21. The molecular weight excluding hydrogens is 312 g/mol. The van der Waals surface area contributed by atoms with Crippen LogP contribution in [0.5, 0.6) is 5.75 Å². The van der Waals surface area contributed by atoms with E-state index in [0.29, 0.717) is 22.9 Å². The lowest BCUT2D eigenvalue weighted by molar-refractivity contribution is -0.127. The van der Waals surface area contributed by atoms with Crippen molar-refractivity contribution in [2.45, 2.75) is 19.4 Å². The molecule has 0 spiro atoms. The SMILES string of the molecule is CC(Oc1ccc(C#N)cc1)C(=O)NCCc1ccc(Cl)cc1. The largest absolute Gasteiger partial charge is 0.481 e. The Morgan fingerprint density at radius 1 is 1.22 bits per heavy atom. The van der Waals surface area contributed by atoms with Crippen LogP contribution in [0.2, 0.25) is 5.02 Å². The number of carbonyl (C=O) groups excluding carboxylic acids is 1. The molecule has 1 unspecified atom stereocenters. The maximum absolute atomic E-state index is 12.0. The summed E-state index contributed by atoms with van der Waals surface area (Å²) in [4.78, 5) is 12.0. The number of amides is 1. The highest BCUT2D eigenvalue weighted by atomic mass is 35.5. The molecule has 0 saturated heterocycles. The lowest BCUT2D eigenvalue weighted by Gasteiger charge is -2.14. The van der Waals surface area contributed by atoms with Gasteiger partial charge >= 0.3 is 0 Å². The monoisotopic (exact) mass is 328 g/mol. The molecule has 23 heavy (non-hydrogen) atoms. The van der Waals surface area contributed by atoms with Crippen molar-refractivity contribution in [1.82, 2.24) is 5.32 Å². The molecule has 1 atom stereocenters. The maximum Gasteiger partial charge on any atom is 0.260 e. The van der Waals surface area contributed by atoms with Gasteiger partial charge in [-0.3, -0.25) is 4.79 Å². The van der Waals surface area contributed by atoms with Crippen LogP contribution >= 0.6 is 11.6 Å². The zero-order valence-corrected chi connectivity index (χ0v) is 13.5. The molecule has 2 rings (SSSR count). The smallest absolute Gasteiger partial charge is 0.260 e. The average Bonchev–Trinajstić information content (AvgIpc) is 2.57. The molecule has 1 amide bonds. The Morgan fingerprint density at radius 3 is 2.48 bits per heavy atom. The zero-order chi connectivity index (χ0) is 16.7. The molecule has 0 aromatic heterocycles. The Morgan fingerprint density at radius 2 is 1.87 bits per heavy atom. The first-order valence-corrected chi connectivity index (χ1v) is 7.65. The highest BCUT2D eigenvalue weighted by molar-refractivity contribution is 6.30. The molecular formula is C18H17ClN2O2. The minimum Gasteiger partial charge on any atom is -0.481 e.